The van der Waals surface area contributed by atoms with E-state index in [-0.39, 0.29) is 24.2 Å². The van der Waals surface area contributed by atoms with Gasteiger partial charge in [-0.2, -0.15) is 5.10 Å². The van der Waals surface area contributed by atoms with E-state index in [0.717, 1.165) is 9.56 Å². The van der Waals surface area contributed by atoms with Crippen molar-refractivity contribution in [2.45, 2.75) is 19.5 Å². The van der Waals surface area contributed by atoms with Crippen LogP contribution in [0.1, 0.15) is 17.8 Å². The van der Waals surface area contributed by atoms with Crippen molar-refractivity contribution in [1.29, 1.82) is 0 Å². The first-order valence-electron chi connectivity index (χ1n) is 5.49. The van der Waals surface area contributed by atoms with Gasteiger partial charge in [-0.1, -0.05) is 6.07 Å². The van der Waals surface area contributed by atoms with Crippen LogP contribution in [-0.4, -0.2) is 20.3 Å². The number of aryl methyl sites for hydroxylation is 1. The van der Waals surface area contributed by atoms with Gasteiger partial charge < -0.3 is 5.32 Å². The molecule has 7 heteroatoms. The van der Waals surface area contributed by atoms with Crippen molar-refractivity contribution in [2.24, 2.45) is 7.05 Å². The maximum atomic E-state index is 11.8. The smallest absolute Gasteiger partial charge is 0.345 e. The second-order valence-electron chi connectivity index (χ2n) is 3.99. The van der Waals surface area contributed by atoms with Crippen LogP contribution in [0.5, 0.6) is 0 Å². The number of hydrogen-bond acceptors (Lipinski definition) is 4. The summed E-state index contributed by atoms with van der Waals surface area (Å²) in [7, 11) is 1.60. The van der Waals surface area contributed by atoms with Crippen LogP contribution in [0, 0.1) is 0 Å². The average Bonchev–Trinajstić information content (AvgIpc) is 2.94. The molecule has 18 heavy (non-hydrogen) atoms. The van der Waals surface area contributed by atoms with E-state index in [1.54, 1.807) is 18.4 Å². The molecule has 2 rings (SSSR count). The van der Waals surface area contributed by atoms with Crippen molar-refractivity contribution in [1.82, 2.24) is 19.7 Å². The van der Waals surface area contributed by atoms with Gasteiger partial charge in [0.15, 0.2) is 0 Å². The molecule has 0 aliphatic rings. The van der Waals surface area contributed by atoms with Gasteiger partial charge in [-0.05, 0) is 18.4 Å². The van der Waals surface area contributed by atoms with E-state index < -0.39 is 0 Å². The molecule has 0 aliphatic heterocycles. The second kappa shape index (κ2) is 5.18. The van der Waals surface area contributed by atoms with E-state index in [0.29, 0.717) is 0 Å². The average molecular weight is 266 g/mol. The van der Waals surface area contributed by atoms with Crippen LogP contribution in [0.3, 0.4) is 0 Å². The van der Waals surface area contributed by atoms with Gasteiger partial charge in [0.2, 0.25) is 5.91 Å². The summed E-state index contributed by atoms with van der Waals surface area (Å²) in [6, 6.07) is 3.84. The van der Waals surface area contributed by atoms with Gasteiger partial charge in [-0.25, -0.2) is 9.48 Å². The fourth-order valence-electron chi connectivity index (χ4n) is 1.56. The van der Waals surface area contributed by atoms with Gasteiger partial charge >= 0.3 is 5.69 Å². The van der Waals surface area contributed by atoms with Gasteiger partial charge in [0.25, 0.3) is 0 Å². The zero-order valence-electron chi connectivity index (χ0n) is 10.2. The Bertz CT molecular complexity index is 584. The molecule has 0 unspecified atom stereocenters. The topological polar surface area (TPSA) is 68.9 Å². The third kappa shape index (κ3) is 2.67. The zero-order chi connectivity index (χ0) is 13.1. The van der Waals surface area contributed by atoms with Gasteiger partial charge in [0.05, 0.1) is 6.04 Å². The van der Waals surface area contributed by atoms with Crippen molar-refractivity contribution in [3.63, 3.8) is 0 Å². The fourth-order valence-corrected chi connectivity index (χ4v) is 2.30. The fraction of sp³-hybridized carbons (Fsp3) is 0.364. The summed E-state index contributed by atoms with van der Waals surface area (Å²) in [5, 5.41) is 8.62. The molecule has 0 saturated carbocycles. The monoisotopic (exact) mass is 266 g/mol. The van der Waals surface area contributed by atoms with E-state index in [9.17, 15) is 9.59 Å². The Morgan fingerprint density at radius 1 is 1.61 bits per heavy atom. The lowest BCUT2D eigenvalue weighted by Crippen LogP contribution is -2.34. The van der Waals surface area contributed by atoms with Gasteiger partial charge in [0, 0.05) is 11.9 Å². The number of carbonyl (C=O) groups is 1. The lowest BCUT2D eigenvalue weighted by Gasteiger charge is -2.11. The van der Waals surface area contributed by atoms with Crippen molar-refractivity contribution in [3.8, 4) is 0 Å². The van der Waals surface area contributed by atoms with Crippen LogP contribution >= 0.6 is 11.3 Å². The number of carbonyl (C=O) groups excluding carboxylic acids is 1. The zero-order valence-corrected chi connectivity index (χ0v) is 11.0. The van der Waals surface area contributed by atoms with Crippen LogP contribution < -0.4 is 11.0 Å². The minimum atomic E-state index is -0.297. The molecule has 2 aromatic heterocycles. The quantitative estimate of drug-likeness (QED) is 0.877. The SMILES string of the molecule is C[C@H](NC(=O)Cn1ncn(C)c1=O)c1cccs1. The Balaban J connectivity index is 1.97. The Kier molecular flexibility index (Phi) is 3.61. The molecule has 2 heterocycles. The summed E-state index contributed by atoms with van der Waals surface area (Å²) in [4.78, 5) is 24.3. The highest BCUT2D eigenvalue weighted by Gasteiger charge is 2.12. The third-order valence-corrected chi connectivity index (χ3v) is 3.58. The summed E-state index contributed by atoms with van der Waals surface area (Å²) in [5.41, 5.74) is -0.297. The van der Waals surface area contributed by atoms with Crippen molar-refractivity contribution >= 4 is 17.2 Å². The molecule has 1 amide bonds. The third-order valence-electron chi connectivity index (χ3n) is 2.53. The highest BCUT2D eigenvalue weighted by atomic mass is 32.1. The molecule has 96 valence electrons. The molecular weight excluding hydrogens is 252 g/mol. The van der Waals surface area contributed by atoms with Crippen LogP contribution in [0.2, 0.25) is 0 Å². The van der Waals surface area contributed by atoms with E-state index in [1.807, 2.05) is 24.4 Å². The number of aromatic nitrogens is 3. The molecule has 0 aliphatic carbocycles. The minimum absolute atomic E-state index is 0.0584. The lowest BCUT2D eigenvalue weighted by atomic mass is 10.3. The normalized spacial score (nSPS) is 12.3. The van der Waals surface area contributed by atoms with E-state index in [4.69, 9.17) is 0 Å². The molecule has 2 aromatic rings. The molecule has 0 fully saturated rings. The molecule has 1 atom stereocenters. The van der Waals surface area contributed by atoms with Crippen LogP contribution in [-0.2, 0) is 18.4 Å². The van der Waals surface area contributed by atoms with Crippen LogP contribution in [0.4, 0.5) is 0 Å². The first kappa shape index (κ1) is 12.6. The standard InChI is InChI=1S/C11H14N4O2S/c1-8(9-4-3-5-18-9)13-10(16)6-15-11(17)14(2)7-12-15/h3-5,7-8H,6H2,1-2H3,(H,13,16)/t8-/m0/s1. The molecule has 0 bridgehead atoms. The largest absolute Gasteiger partial charge is 0.347 e. The van der Waals surface area contributed by atoms with E-state index >= 15 is 0 Å². The predicted molar refractivity (Wildman–Crippen MR) is 68.3 cm³/mol. The Labute approximate surface area is 108 Å². The highest BCUT2D eigenvalue weighted by Crippen LogP contribution is 2.17. The van der Waals surface area contributed by atoms with Crippen molar-refractivity contribution in [3.05, 3.63) is 39.2 Å². The van der Waals surface area contributed by atoms with Crippen LogP contribution in [0.25, 0.3) is 0 Å². The number of hydrogen-bond donors (Lipinski definition) is 1. The molecule has 0 saturated heterocycles. The number of amides is 1. The van der Waals surface area contributed by atoms with Crippen molar-refractivity contribution in [2.75, 3.05) is 0 Å². The number of nitrogens with zero attached hydrogens (tertiary/aromatic N) is 3. The Morgan fingerprint density at radius 3 is 2.94 bits per heavy atom. The summed E-state index contributed by atoms with van der Waals surface area (Å²) >= 11 is 1.58. The minimum Gasteiger partial charge on any atom is -0.347 e. The summed E-state index contributed by atoms with van der Waals surface area (Å²) < 4.78 is 2.46. The summed E-state index contributed by atoms with van der Waals surface area (Å²) in [6.45, 7) is 1.85. The van der Waals surface area contributed by atoms with Crippen LogP contribution in [0.15, 0.2) is 28.6 Å². The molecule has 0 aromatic carbocycles. The van der Waals surface area contributed by atoms with E-state index in [2.05, 4.69) is 10.4 Å². The highest BCUT2D eigenvalue weighted by molar-refractivity contribution is 7.10. The Hall–Kier alpha value is -1.89. The first-order valence-corrected chi connectivity index (χ1v) is 6.37. The number of rotatable bonds is 4. The van der Waals surface area contributed by atoms with Crippen molar-refractivity contribution < 1.29 is 4.79 Å². The lowest BCUT2D eigenvalue weighted by molar-refractivity contribution is -0.122. The number of thiophene rings is 1. The molecule has 6 nitrogen and oxygen atoms in total. The molecule has 0 spiro atoms. The maximum Gasteiger partial charge on any atom is 0.345 e. The van der Waals surface area contributed by atoms with E-state index in [1.165, 1.54) is 10.9 Å². The molecule has 0 radical (unpaired) electrons. The van der Waals surface area contributed by atoms with Gasteiger partial charge in [0.1, 0.15) is 12.9 Å². The molecular formula is C11H14N4O2S. The second-order valence-corrected chi connectivity index (χ2v) is 4.97. The first-order chi connectivity index (χ1) is 8.58. The van der Waals surface area contributed by atoms with Gasteiger partial charge in [-0.15, -0.1) is 11.3 Å². The van der Waals surface area contributed by atoms with Gasteiger partial charge in [-0.3, -0.25) is 9.36 Å². The number of nitrogens with one attached hydrogen (secondary N) is 1. The molecule has 1 N–H and O–H groups in total. The maximum absolute atomic E-state index is 11.8. The Morgan fingerprint density at radius 2 is 2.39 bits per heavy atom. The summed E-state index contributed by atoms with van der Waals surface area (Å²) in [6.07, 6.45) is 1.39. The summed E-state index contributed by atoms with van der Waals surface area (Å²) in [5.74, 6) is -0.225. The predicted octanol–water partition coefficient (Wildman–Crippen LogP) is 0.521.